The second-order valence-corrected chi connectivity index (χ2v) is 5.28. The second-order valence-electron chi connectivity index (χ2n) is 5.28. The SMILES string of the molecule is Cc1cc(C)c2c(CC(C)N)c(C)n(C)c2c1. The summed E-state index contributed by atoms with van der Waals surface area (Å²) in [5.41, 5.74) is 12.7. The first kappa shape index (κ1) is 12.2. The maximum absolute atomic E-state index is 5.96. The average Bonchev–Trinajstić information content (AvgIpc) is 2.43. The molecule has 0 bridgehead atoms. The van der Waals surface area contributed by atoms with E-state index in [1.807, 2.05) is 0 Å². The Balaban J connectivity index is 2.79. The molecule has 1 heterocycles. The predicted octanol–water partition coefficient (Wildman–Crippen LogP) is 2.99. The van der Waals surface area contributed by atoms with Crippen molar-refractivity contribution >= 4 is 10.9 Å². The fraction of sp³-hybridized carbons (Fsp3) is 0.467. The Morgan fingerprint density at radius 3 is 2.47 bits per heavy atom. The van der Waals surface area contributed by atoms with Gasteiger partial charge < -0.3 is 10.3 Å². The maximum atomic E-state index is 5.96. The van der Waals surface area contributed by atoms with Crippen LogP contribution in [0.4, 0.5) is 0 Å². The van der Waals surface area contributed by atoms with Crippen LogP contribution >= 0.6 is 0 Å². The number of nitrogens with two attached hydrogens (primary N) is 1. The summed E-state index contributed by atoms with van der Waals surface area (Å²) < 4.78 is 2.28. The third-order valence-corrected chi connectivity index (χ3v) is 3.59. The Morgan fingerprint density at radius 1 is 1.24 bits per heavy atom. The highest BCUT2D eigenvalue weighted by atomic mass is 14.9. The van der Waals surface area contributed by atoms with Crippen molar-refractivity contribution in [3.05, 3.63) is 34.5 Å². The molecule has 1 aromatic carbocycles. The quantitative estimate of drug-likeness (QED) is 0.844. The van der Waals surface area contributed by atoms with Gasteiger partial charge in [0, 0.05) is 29.7 Å². The van der Waals surface area contributed by atoms with E-state index in [-0.39, 0.29) is 6.04 Å². The van der Waals surface area contributed by atoms with E-state index >= 15 is 0 Å². The molecule has 92 valence electrons. The van der Waals surface area contributed by atoms with E-state index in [0.717, 1.165) is 6.42 Å². The normalized spacial score (nSPS) is 13.3. The van der Waals surface area contributed by atoms with Crippen molar-refractivity contribution in [2.75, 3.05) is 0 Å². The topological polar surface area (TPSA) is 30.9 Å². The third kappa shape index (κ3) is 1.98. The summed E-state index contributed by atoms with van der Waals surface area (Å²) in [6.45, 7) is 8.60. The molecule has 2 rings (SSSR count). The van der Waals surface area contributed by atoms with Crippen molar-refractivity contribution < 1.29 is 0 Å². The van der Waals surface area contributed by atoms with Crippen molar-refractivity contribution in [2.45, 2.75) is 40.2 Å². The summed E-state index contributed by atoms with van der Waals surface area (Å²) in [7, 11) is 2.14. The van der Waals surface area contributed by atoms with Crippen molar-refractivity contribution in [2.24, 2.45) is 12.8 Å². The molecule has 1 aromatic heterocycles. The lowest BCUT2D eigenvalue weighted by atomic mass is 9.99. The van der Waals surface area contributed by atoms with Crippen LogP contribution in [0.2, 0.25) is 0 Å². The minimum absolute atomic E-state index is 0.208. The number of nitrogens with zero attached hydrogens (tertiary/aromatic N) is 1. The van der Waals surface area contributed by atoms with Crippen molar-refractivity contribution in [1.82, 2.24) is 4.57 Å². The zero-order chi connectivity index (χ0) is 12.7. The third-order valence-electron chi connectivity index (χ3n) is 3.59. The summed E-state index contributed by atoms with van der Waals surface area (Å²) in [5.74, 6) is 0. The minimum atomic E-state index is 0.208. The average molecular weight is 230 g/mol. The Bertz CT molecular complexity index is 562. The van der Waals surface area contributed by atoms with Crippen LogP contribution in [0, 0.1) is 20.8 Å². The largest absolute Gasteiger partial charge is 0.348 e. The molecule has 2 N–H and O–H groups in total. The van der Waals surface area contributed by atoms with E-state index in [0.29, 0.717) is 0 Å². The molecule has 2 heteroatoms. The molecule has 0 aliphatic carbocycles. The lowest BCUT2D eigenvalue weighted by molar-refractivity contribution is 0.732. The highest BCUT2D eigenvalue weighted by molar-refractivity contribution is 5.89. The molecular formula is C15H22N2. The lowest BCUT2D eigenvalue weighted by Crippen LogP contribution is -2.18. The standard InChI is InChI=1S/C15H22N2/c1-9-6-10(2)15-13(8-11(3)16)12(4)17(5)14(15)7-9/h6-7,11H,8,16H2,1-5H3. The Morgan fingerprint density at radius 2 is 1.88 bits per heavy atom. The summed E-state index contributed by atoms with van der Waals surface area (Å²) in [6, 6.07) is 4.73. The maximum Gasteiger partial charge on any atom is 0.0488 e. The number of benzene rings is 1. The molecule has 0 saturated carbocycles. The van der Waals surface area contributed by atoms with Gasteiger partial charge in [-0.15, -0.1) is 0 Å². The summed E-state index contributed by atoms with van der Waals surface area (Å²) in [6.07, 6.45) is 0.951. The molecule has 2 aromatic rings. The van der Waals surface area contributed by atoms with Gasteiger partial charge in [-0.3, -0.25) is 0 Å². The van der Waals surface area contributed by atoms with Crippen LogP contribution in [0.3, 0.4) is 0 Å². The molecule has 1 unspecified atom stereocenters. The number of hydrogen-bond donors (Lipinski definition) is 1. The Kier molecular flexibility index (Phi) is 3.00. The zero-order valence-corrected chi connectivity index (χ0v) is 11.5. The molecule has 0 fully saturated rings. The fourth-order valence-corrected chi connectivity index (χ4v) is 2.74. The number of aryl methyl sites for hydroxylation is 3. The van der Waals surface area contributed by atoms with Gasteiger partial charge >= 0.3 is 0 Å². The van der Waals surface area contributed by atoms with Crippen LogP contribution in [-0.4, -0.2) is 10.6 Å². The molecule has 17 heavy (non-hydrogen) atoms. The number of aromatic nitrogens is 1. The molecule has 0 aliphatic heterocycles. The van der Waals surface area contributed by atoms with Crippen molar-refractivity contribution in [1.29, 1.82) is 0 Å². The van der Waals surface area contributed by atoms with Gasteiger partial charge in [-0.05, 0) is 56.9 Å². The first-order valence-electron chi connectivity index (χ1n) is 6.22. The van der Waals surface area contributed by atoms with Gasteiger partial charge in [-0.1, -0.05) is 6.07 Å². The number of hydrogen-bond acceptors (Lipinski definition) is 1. The first-order valence-corrected chi connectivity index (χ1v) is 6.22. The Hall–Kier alpha value is -1.28. The highest BCUT2D eigenvalue weighted by Crippen LogP contribution is 2.29. The highest BCUT2D eigenvalue weighted by Gasteiger charge is 2.15. The molecule has 1 atom stereocenters. The molecule has 0 amide bonds. The summed E-state index contributed by atoms with van der Waals surface area (Å²) in [5, 5.41) is 1.40. The van der Waals surface area contributed by atoms with E-state index in [2.05, 4.69) is 51.4 Å². The molecule has 0 spiro atoms. The van der Waals surface area contributed by atoms with E-state index in [9.17, 15) is 0 Å². The summed E-state index contributed by atoms with van der Waals surface area (Å²) in [4.78, 5) is 0. The van der Waals surface area contributed by atoms with Crippen LogP contribution < -0.4 is 5.73 Å². The molecule has 0 saturated heterocycles. The van der Waals surface area contributed by atoms with E-state index in [1.165, 1.54) is 33.3 Å². The first-order chi connectivity index (χ1) is 7.91. The minimum Gasteiger partial charge on any atom is -0.348 e. The Labute approximate surface area is 103 Å². The van der Waals surface area contributed by atoms with Gasteiger partial charge in [0.2, 0.25) is 0 Å². The van der Waals surface area contributed by atoms with Gasteiger partial charge in [0.05, 0.1) is 0 Å². The van der Waals surface area contributed by atoms with Crippen LogP contribution in [-0.2, 0) is 13.5 Å². The molecule has 2 nitrogen and oxygen atoms in total. The van der Waals surface area contributed by atoms with Crippen LogP contribution in [0.5, 0.6) is 0 Å². The van der Waals surface area contributed by atoms with E-state index in [4.69, 9.17) is 5.73 Å². The van der Waals surface area contributed by atoms with Crippen molar-refractivity contribution in [3.63, 3.8) is 0 Å². The number of fused-ring (bicyclic) bond motifs is 1. The van der Waals surface area contributed by atoms with Crippen LogP contribution in [0.15, 0.2) is 12.1 Å². The second kappa shape index (κ2) is 4.19. The van der Waals surface area contributed by atoms with Crippen LogP contribution in [0.1, 0.15) is 29.3 Å². The van der Waals surface area contributed by atoms with E-state index < -0.39 is 0 Å². The van der Waals surface area contributed by atoms with Gasteiger partial charge in [0.25, 0.3) is 0 Å². The molecular weight excluding hydrogens is 208 g/mol. The smallest absolute Gasteiger partial charge is 0.0488 e. The zero-order valence-electron chi connectivity index (χ0n) is 11.5. The van der Waals surface area contributed by atoms with Gasteiger partial charge in [-0.2, -0.15) is 0 Å². The predicted molar refractivity (Wildman–Crippen MR) is 74.5 cm³/mol. The van der Waals surface area contributed by atoms with Crippen LogP contribution in [0.25, 0.3) is 10.9 Å². The van der Waals surface area contributed by atoms with Gasteiger partial charge in [-0.25, -0.2) is 0 Å². The van der Waals surface area contributed by atoms with Gasteiger partial charge in [0.1, 0.15) is 0 Å². The lowest BCUT2D eigenvalue weighted by Gasteiger charge is -2.07. The van der Waals surface area contributed by atoms with E-state index in [1.54, 1.807) is 0 Å². The molecule has 0 aliphatic rings. The summed E-state index contributed by atoms with van der Waals surface area (Å²) >= 11 is 0. The molecule has 0 radical (unpaired) electrons. The van der Waals surface area contributed by atoms with Gasteiger partial charge in [0.15, 0.2) is 0 Å². The monoisotopic (exact) mass is 230 g/mol. The fourth-order valence-electron chi connectivity index (χ4n) is 2.74. The number of rotatable bonds is 2. The van der Waals surface area contributed by atoms with Crippen molar-refractivity contribution in [3.8, 4) is 0 Å².